The molecule has 0 bridgehead atoms. The van der Waals surface area contributed by atoms with E-state index in [2.05, 4.69) is 5.32 Å². The Hall–Kier alpha value is -2.58. The highest BCUT2D eigenvalue weighted by molar-refractivity contribution is 7.92. The summed E-state index contributed by atoms with van der Waals surface area (Å²) in [5.74, 6) is -0.779. The van der Waals surface area contributed by atoms with Crippen molar-refractivity contribution in [3.63, 3.8) is 0 Å². The van der Waals surface area contributed by atoms with Crippen LogP contribution in [0.3, 0.4) is 0 Å². The van der Waals surface area contributed by atoms with E-state index in [0.717, 1.165) is 33.7 Å². The summed E-state index contributed by atoms with van der Waals surface area (Å²) in [6.45, 7) is 9.02. The SMILES string of the molecule is CC[C@H](C)NC(=O)[C@H](C)N(Cc1ccc(Cl)cc1)C(=O)CN(c1ccc(C)c(C)c1)S(C)(=O)=O. The molecule has 2 aromatic carbocycles. The molecule has 2 aromatic rings. The minimum absolute atomic E-state index is 0.0505. The first kappa shape index (κ1) is 27.7. The molecule has 0 saturated carbocycles. The summed E-state index contributed by atoms with van der Waals surface area (Å²) in [5, 5.41) is 3.46. The smallest absolute Gasteiger partial charge is 0.244 e. The number of rotatable bonds is 10. The van der Waals surface area contributed by atoms with Gasteiger partial charge in [0, 0.05) is 17.6 Å². The van der Waals surface area contributed by atoms with Gasteiger partial charge < -0.3 is 10.2 Å². The van der Waals surface area contributed by atoms with E-state index in [-0.39, 0.29) is 18.5 Å². The van der Waals surface area contributed by atoms with Crippen molar-refractivity contribution in [2.45, 2.75) is 59.7 Å². The normalized spacial score (nSPS) is 13.1. The van der Waals surface area contributed by atoms with E-state index < -0.39 is 28.5 Å². The van der Waals surface area contributed by atoms with Crippen LogP contribution in [0.15, 0.2) is 42.5 Å². The zero-order chi connectivity index (χ0) is 25.6. The molecule has 34 heavy (non-hydrogen) atoms. The van der Waals surface area contributed by atoms with Crippen molar-refractivity contribution in [2.75, 3.05) is 17.1 Å². The number of aryl methyl sites for hydroxylation is 2. The molecule has 0 fully saturated rings. The lowest BCUT2D eigenvalue weighted by molar-refractivity contribution is -0.139. The number of hydrogen-bond donors (Lipinski definition) is 1. The Balaban J connectivity index is 2.39. The monoisotopic (exact) mass is 507 g/mol. The van der Waals surface area contributed by atoms with Crippen LogP contribution in [-0.2, 0) is 26.2 Å². The summed E-state index contributed by atoms with van der Waals surface area (Å²) in [7, 11) is -3.76. The average molecular weight is 508 g/mol. The standard InChI is InChI=1S/C25H34ClN3O4S/c1-7-19(4)27-25(31)20(5)28(15-21-9-11-22(26)12-10-21)24(30)16-29(34(6,32)33)23-13-8-17(2)18(3)14-23/h8-14,19-20H,7,15-16H2,1-6H3,(H,27,31)/t19-,20-/m0/s1. The number of amides is 2. The third kappa shape index (κ3) is 7.46. The van der Waals surface area contributed by atoms with E-state index in [0.29, 0.717) is 10.7 Å². The lowest BCUT2D eigenvalue weighted by Crippen LogP contribution is -2.52. The zero-order valence-electron chi connectivity index (χ0n) is 20.6. The number of hydrogen-bond acceptors (Lipinski definition) is 4. The first-order chi connectivity index (χ1) is 15.8. The Morgan fingerprint density at radius 1 is 1.03 bits per heavy atom. The van der Waals surface area contributed by atoms with Gasteiger partial charge in [0.15, 0.2) is 0 Å². The number of halogens is 1. The summed E-state index contributed by atoms with van der Waals surface area (Å²) >= 11 is 5.99. The summed E-state index contributed by atoms with van der Waals surface area (Å²) < 4.78 is 26.3. The zero-order valence-corrected chi connectivity index (χ0v) is 22.2. The first-order valence-electron chi connectivity index (χ1n) is 11.2. The molecular weight excluding hydrogens is 474 g/mol. The Morgan fingerprint density at radius 2 is 1.65 bits per heavy atom. The minimum atomic E-state index is -3.76. The van der Waals surface area contributed by atoms with Crippen LogP contribution in [0.4, 0.5) is 5.69 Å². The molecule has 2 amide bonds. The summed E-state index contributed by atoms with van der Waals surface area (Å²) in [4.78, 5) is 27.8. The minimum Gasteiger partial charge on any atom is -0.352 e. The van der Waals surface area contributed by atoms with Crippen molar-refractivity contribution in [3.05, 3.63) is 64.2 Å². The molecule has 0 heterocycles. The molecule has 0 radical (unpaired) electrons. The molecule has 0 aliphatic heterocycles. The molecule has 7 nitrogen and oxygen atoms in total. The Bertz CT molecular complexity index is 1120. The fourth-order valence-electron chi connectivity index (χ4n) is 3.33. The summed E-state index contributed by atoms with van der Waals surface area (Å²) in [6.07, 6.45) is 1.82. The van der Waals surface area contributed by atoms with Crippen LogP contribution in [-0.4, -0.2) is 50.0 Å². The van der Waals surface area contributed by atoms with Gasteiger partial charge in [-0.15, -0.1) is 0 Å². The highest BCUT2D eigenvalue weighted by Crippen LogP contribution is 2.22. The number of nitrogens with zero attached hydrogens (tertiary/aromatic N) is 2. The molecule has 2 atom stereocenters. The van der Waals surface area contributed by atoms with Gasteiger partial charge in [0.05, 0.1) is 11.9 Å². The maximum Gasteiger partial charge on any atom is 0.244 e. The quantitative estimate of drug-likeness (QED) is 0.525. The Kier molecular flexibility index (Phi) is 9.53. The fourth-order valence-corrected chi connectivity index (χ4v) is 4.30. The molecular formula is C25H34ClN3O4S. The molecule has 0 aliphatic carbocycles. The van der Waals surface area contributed by atoms with Crippen molar-refractivity contribution < 1.29 is 18.0 Å². The van der Waals surface area contributed by atoms with Crippen LogP contribution in [0.2, 0.25) is 5.02 Å². The van der Waals surface area contributed by atoms with Crippen LogP contribution in [0.25, 0.3) is 0 Å². The maximum atomic E-state index is 13.5. The largest absolute Gasteiger partial charge is 0.352 e. The van der Waals surface area contributed by atoms with E-state index >= 15 is 0 Å². The molecule has 9 heteroatoms. The summed E-state index contributed by atoms with van der Waals surface area (Å²) in [6, 6.07) is 11.4. The van der Waals surface area contributed by atoms with Crippen molar-refractivity contribution >= 4 is 39.1 Å². The van der Waals surface area contributed by atoms with Gasteiger partial charge in [-0.3, -0.25) is 13.9 Å². The topological polar surface area (TPSA) is 86.8 Å². The number of anilines is 1. The van der Waals surface area contributed by atoms with E-state index in [1.807, 2.05) is 33.8 Å². The number of benzene rings is 2. The van der Waals surface area contributed by atoms with Gasteiger partial charge in [-0.2, -0.15) is 0 Å². The van der Waals surface area contributed by atoms with Crippen molar-refractivity contribution in [1.29, 1.82) is 0 Å². The van der Waals surface area contributed by atoms with Gasteiger partial charge >= 0.3 is 0 Å². The molecule has 1 N–H and O–H groups in total. The number of carbonyl (C=O) groups excluding carboxylic acids is 2. The molecule has 186 valence electrons. The highest BCUT2D eigenvalue weighted by Gasteiger charge is 2.30. The first-order valence-corrected chi connectivity index (χ1v) is 13.4. The lowest BCUT2D eigenvalue weighted by atomic mass is 10.1. The van der Waals surface area contributed by atoms with E-state index in [1.54, 1.807) is 43.3 Å². The Morgan fingerprint density at radius 3 is 2.18 bits per heavy atom. The van der Waals surface area contributed by atoms with Crippen LogP contribution in [0.1, 0.15) is 43.9 Å². The predicted molar refractivity (Wildman–Crippen MR) is 137 cm³/mol. The van der Waals surface area contributed by atoms with E-state index in [4.69, 9.17) is 11.6 Å². The van der Waals surface area contributed by atoms with Gasteiger partial charge in [0.25, 0.3) is 0 Å². The van der Waals surface area contributed by atoms with Gasteiger partial charge in [-0.1, -0.05) is 36.7 Å². The maximum absolute atomic E-state index is 13.5. The lowest BCUT2D eigenvalue weighted by Gasteiger charge is -2.32. The van der Waals surface area contributed by atoms with Gasteiger partial charge in [0.1, 0.15) is 12.6 Å². The Labute approximate surface area is 208 Å². The van der Waals surface area contributed by atoms with Crippen LogP contribution < -0.4 is 9.62 Å². The predicted octanol–water partition coefficient (Wildman–Crippen LogP) is 4.05. The summed E-state index contributed by atoms with van der Waals surface area (Å²) in [5.41, 5.74) is 3.11. The second-order valence-electron chi connectivity index (χ2n) is 8.68. The molecule has 0 spiro atoms. The van der Waals surface area contributed by atoms with Gasteiger partial charge in [0.2, 0.25) is 21.8 Å². The highest BCUT2D eigenvalue weighted by atomic mass is 35.5. The molecule has 0 aromatic heterocycles. The second-order valence-corrected chi connectivity index (χ2v) is 11.0. The third-order valence-electron chi connectivity index (χ3n) is 5.89. The van der Waals surface area contributed by atoms with Crippen molar-refractivity contribution in [1.82, 2.24) is 10.2 Å². The average Bonchev–Trinajstić information content (AvgIpc) is 2.77. The molecule has 0 unspecified atom stereocenters. The second kappa shape index (κ2) is 11.7. The molecule has 0 aliphatic rings. The van der Waals surface area contributed by atoms with Gasteiger partial charge in [-0.25, -0.2) is 8.42 Å². The van der Waals surface area contributed by atoms with Crippen molar-refractivity contribution in [2.24, 2.45) is 0 Å². The van der Waals surface area contributed by atoms with E-state index in [9.17, 15) is 18.0 Å². The molecule has 0 saturated heterocycles. The van der Waals surface area contributed by atoms with Gasteiger partial charge in [-0.05, 0) is 75.1 Å². The number of sulfonamides is 1. The fraction of sp³-hybridized carbons (Fsp3) is 0.440. The van der Waals surface area contributed by atoms with Crippen LogP contribution in [0, 0.1) is 13.8 Å². The molecule has 2 rings (SSSR count). The van der Waals surface area contributed by atoms with Crippen LogP contribution in [0.5, 0.6) is 0 Å². The van der Waals surface area contributed by atoms with Crippen LogP contribution >= 0.6 is 11.6 Å². The van der Waals surface area contributed by atoms with Crippen molar-refractivity contribution in [3.8, 4) is 0 Å². The number of nitrogens with one attached hydrogen (secondary N) is 1. The third-order valence-corrected chi connectivity index (χ3v) is 7.28. The van der Waals surface area contributed by atoms with E-state index in [1.165, 1.54) is 4.90 Å². The number of carbonyl (C=O) groups is 2.